The molecule has 0 spiro atoms. The van der Waals surface area contributed by atoms with Gasteiger partial charge in [0.05, 0.1) is 19.2 Å². The van der Waals surface area contributed by atoms with Gasteiger partial charge in [0.1, 0.15) is 12.4 Å². The number of carboxylic acid groups (broad SMARTS) is 1. The molecule has 0 aliphatic rings. The number of nitrogens with one attached hydrogen (secondary N) is 1. The Morgan fingerprint density at radius 1 is 1.21 bits per heavy atom. The zero-order valence-corrected chi connectivity index (χ0v) is 10.7. The van der Waals surface area contributed by atoms with Crippen LogP contribution in [0.5, 0.6) is 5.75 Å². The number of ether oxygens (including phenoxy) is 2. The molecule has 0 bridgehead atoms. The Balaban J connectivity index is 2.35. The predicted molar refractivity (Wildman–Crippen MR) is 66.7 cm³/mol. The van der Waals surface area contributed by atoms with Crippen molar-refractivity contribution in [2.75, 3.05) is 25.1 Å². The predicted octanol–water partition coefficient (Wildman–Crippen LogP) is 0.180. The summed E-state index contributed by atoms with van der Waals surface area (Å²) in [6.45, 7) is 1.73. The highest BCUT2D eigenvalue weighted by Gasteiger charge is 2.02. The van der Waals surface area contributed by atoms with Crippen LogP contribution in [0.1, 0.15) is 13.3 Å². The molecule has 0 unspecified atom stereocenters. The fourth-order valence-corrected chi connectivity index (χ4v) is 1.28. The summed E-state index contributed by atoms with van der Waals surface area (Å²) < 4.78 is 10.0. The molecule has 0 atom stereocenters. The number of carbonyl (C=O) groups excluding carboxylic acids is 2. The van der Waals surface area contributed by atoms with Gasteiger partial charge in [-0.15, -0.1) is 0 Å². The molecule has 0 heterocycles. The van der Waals surface area contributed by atoms with Crippen LogP contribution in [0.25, 0.3) is 0 Å². The van der Waals surface area contributed by atoms with Crippen molar-refractivity contribution in [2.45, 2.75) is 13.3 Å². The van der Waals surface area contributed by atoms with Crippen LogP contribution in [0.2, 0.25) is 0 Å². The summed E-state index contributed by atoms with van der Waals surface area (Å²) in [6.07, 6.45) is 0.925. The molecule has 0 saturated heterocycles. The zero-order chi connectivity index (χ0) is 14.1. The highest BCUT2D eigenvalue weighted by Crippen LogP contribution is 2.15. The molecule has 104 valence electrons. The first kappa shape index (κ1) is 15.0. The SMILES string of the molecule is CCCOc1ccc(NC(=O)COCC(=O)[O-])cc1. The van der Waals surface area contributed by atoms with E-state index in [1.54, 1.807) is 24.3 Å². The third-order valence-corrected chi connectivity index (χ3v) is 2.06. The topological polar surface area (TPSA) is 87.7 Å². The van der Waals surface area contributed by atoms with Crippen molar-refractivity contribution in [2.24, 2.45) is 0 Å². The minimum Gasteiger partial charge on any atom is -0.548 e. The molecular weight excluding hydrogens is 250 g/mol. The Hall–Kier alpha value is -2.08. The van der Waals surface area contributed by atoms with Crippen molar-refractivity contribution >= 4 is 17.6 Å². The van der Waals surface area contributed by atoms with E-state index in [4.69, 9.17) is 4.74 Å². The van der Waals surface area contributed by atoms with E-state index in [0.717, 1.165) is 12.2 Å². The van der Waals surface area contributed by atoms with Gasteiger partial charge >= 0.3 is 0 Å². The van der Waals surface area contributed by atoms with Gasteiger partial charge in [-0.1, -0.05) is 6.92 Å². The van der Waals surface area contributed by atoms with Crippen LogP contribution in [0.15, 0.2) is 24.3 Å². The summed E-state index contributed by atoms with van der Waals surface area (Å²) in [5.74, 6) is -1.05. The summed E-state index contributed by atoms with van der Waals surface area (Å²) in [7, 11) is 0. The third kappa shape index (κ3) is 6.42. The monoisotopic (exact) mass is 266 g/mol. The van der Waals surface area contributed by atoms with Crippen LogP contribution < -0.4 is 15.2 Å². The van der Waals surface area contributed by atoms with Crippen LogP contribution in [0.3, 0.4) is 0 Å². The molecule has 0 aromatic heterocycles. The lowest BCUT2D eigenvalue weighted by molar-refractivity contribution is -0.309. The van der Waals surface area contributed by atoms with Crippen LogP contribution in [-0.4, -0.2) is 31.7 Å². The number of amides is 1. The molecule has 19 heavy (non-hydrogen) atoms. The van der Waals surface area contributed by atoms with Gasteiger partial charge in [0.15, 0.2) is 0 Å². The number of hydrogen-bond donors (Lipinski definition) is 1. The molecule has 1 amide bonds. The summed E-state index contributed by atoms with van der Waals surface area (Å²) in [6, 6.07) is 6.88. The van der Waals surface area contributed by atoms with E-state index in [-0.39, 0.29) is 6.61 Å². The van der Waals surface area contributed by atoms with Gasteiger partial charge in [-0.05, 0) is 30.7 Å². The van der Waals surface area contributed by atoms with E-state index in [2.05, 4.69) is 10.1 Å². The Morgan fingerprint density at radius 2 is 1.89 bits per heavy atom. The van der Waals surface area contributed by atoms with Gasteiger partial charge in [-0.2, -0.15) is 0 Å². The first-order chi connectivity index (χ1) is 9.11. The largest absolute Gasteiger partial charge is 0.548 e. The Morgan fingerprint density at radius 3 is 2.47 bits per heavy atom. The number of hydrogen-bond acceptors (Lipinski definition) is 5. The standard InChI is InChI=1S/C13H17NO5/c1-2-7-19-11-5-3-10(4-6-11)14-12(15)8-18-9-13(16)17/h3-6H,2,7-9H2,1H3,(H,14,15)(H,16,17)/p-1. The van der Waals surface area contributed by atoms with E-state index in [1.165, 1.54) is 0 Å². The van der Waals surface area contributed by atoms with Crippen LogP contribution >= 0.6 is 0 Å². The van der Waals surface area contributed by atoms with Gasteiger partial charge in [0.25, 0.3) is 0 Å². The molecule has 6 heteroatoms. The average molecular weight is 266 g/mol. The number of aliphatic carboxylic acids is 1. The van der Waals surface area contributed by atoms with E-state index in [0.29, 0.717) is 12.3 Å². The van der Waals surface area contributed by atoms with Gasteiger partial charge in [-0.3, -0.25) is 4.79 Å². The second-order valence-corrected chi connectivity index (χ2v) is 3.79. The van der Waals surface area contributed by atoms with Crippen molar-refractivity contribution in [3.05, 3.63) is 24.3 Å². The summed E-state index contributed by atoms with van der Waals surface area (Å²) in [5.41, 5.74) is 0.589. The minimum absolute atomic E-state index is 0.331. The van der Waals surface area contributed by atoms with Crippen molar-refractivity contribution in [1.82, 2.24) is 0 Å². The summed E-state index contributed by atoms with van der Waals surface area (Å²) >= 11 is 0. The second-order valence-electron chi connectivity index (χ2n) is 3.79. The van der Waals surface area contributed by atoms with E-state index in [9.17, 15) is 14.7 Å². The Bertz CT molecular complexity index is 416. The molecule has 1 N–H and O–H groups in total. The first-order valence-electron chi connectivity index (χ1n) is 5.92. The molecule has 1 aromatic carbocycles. The lowest BCUT2D eigenvalue weighted by Gasteiger charge is -2.08. The van der Waals surface area contributed by atoms with Crippen molar-refractivity contribution < 1.29 is 24.2 Å². The minimum atomic E-state index is -1.36. The zero-order valence-electron chi connectivity index (χ0n) is 10.7. The fourth-order valence-electron chi connectivity index (χ4n) is 1.28. The van der Waals surface area contributed by atoms with E-state index < -0.39 is 18.5 Å². The number of anilines is 1. The maximum absolute atomic E-state index is 11.4. The quantitative estimate of drug-likeness (QED) is 0.725. The van der Waals surface area contributed by atoms with Gasteiger partial charge in [0, 0.05) is 5.69 Å². The van der Waals surface area contributed by atoms with Crippen molar-refractivity contribution in [1.29, 1.82) is 0 Å². The van der Waals surface area contributed by atoms with E-state index in [1.807, 2.05) is 6.92 Å². The number of carboxylic acids is 1. The maximum Gasteiger partial charge on any atom is 0.250 e. The van der Waals surface area contributed by atoms with E-state index >= 15 is 0 Å². The van der Waals surface area contributed by atoms with Gasteiger partial charge in [0.2, 0.25) is 5.91 Å². The first-order valence-corrected chi connectivity index (χ1v) is 5.92. The number of benzene rings is 1. The Kier molecular flexibility index (Phi) is 6.38. The lowest BCUT2D eigenvalue weighted by Crippen LogP contribution is -2.29. The normalized spacial score (nSPS) is 9.95. The molecule has 1 aromatic rings. The molecule has 0 saturated carbocycles. The molecule has 6 nitrogen and oxygen atoms in total. The third-order valence-electron chi connectivity index (χ3n) is 2.06. The molecular formula is C13H16NO5-. The van der Waals surface area contributed by atoms with Crippen LogP contribution in [-0.2, 0) is 14.3 Å². The number of rotatable bonds is 8. The van der Waals surface area contributed by atoms with Crippen LogP contribution in [0, 0.1) is 0 Å². The summed E-state index contributed by atoms with van der Waals surface area (Å²) in [4.78, 5) is 21.5. The van der Waals surface area contributed by atoms with Gasteiger partial charge < -0.3 is 24.7 Å². The molecule has 1 rings (SSSR count). The van der Waals surface area contributed by atoms with Crippen molar-refractivity contribution in [3.63, 3.8) is 0 Å². The average Bonchev–Trinajstić information content (AvgIpc) is 2.37. The number of carbonyl (C=O) groups is 2. The smallest absolute Gasteiger partial charge is 0.250 e. The molecule has 0 radical (unpaired) electrons. The molecule has 0 aliphatic carbocycles. The maximum atomic E-state index is 11.4. The summed E-state index contributed by atoms with van der Waals surface area (Å²) in [5, 5.41) is 12.6. The molecule has 0 fully saturated rings. The van der Waals surface area contributed by atoms with Crippen molar-refractivity contribution in [3.8, 4) is 5.75 Å². The van der Waals surface area contributed by atoms with Gasteiger partial charge in [-0.25, -0.2) is 0 Å². The highest BCUT2D eigenvalue weighted by atomic mass is 16.5. The fraction of sp³-hybridized carbons (Fsp3) is 0.385. The Labute approximate surface area is 111 Å². The molecule has 0 aliphatic heterocycles. The highest BCUT2D eigenvalue weighted by molar-refractivity contribution is 5.91. The van der Waals surface area contributed by atoms with Crippen LogP contribution in [0.4, 0.5) is 5.69 Å². The lowest BCUT2D eigenvalue weighted by atomic mass is 10.3. The second kappa shape index (κ2) is 8.10.